The summed E-state index contributed by atoms with van der Waals surface area (Å²) in [7, 11) is 0. The van der Waals surface area contributed by atoms with Crippen LogP contribution in [-0.2, 0) is 0 Å². The second-order valence-electron chi connectivity index (χ2n) is 3.67. The van der Waals surface area contributed by atoms with Crippen LogP contribution in [0.25, 0.3) is 34.0 Å². The van der Waals surface area contributed by atoms with E-state index in [0.717, 1.165) is 10.4 Å². The SMILES string of the molecule is C=c1c2ccccc2c(=C)c2sccc12. The molecule has 0 saturated heterocycles. The predicted octanol–water partition coefficient (Wildman–Crippen LogP) is 2.88. The molecule has 3 aromatic rings. The van der Waals surface area contributed by atoms with Gasteiger partial charge in [-0.25, -0.2) is 0 Å². The monoisotopic (exact) mass is 210 g/mol. The van der Waals surface area contributed by atoms with Crippen molar-refractivity contribution in [2.45, 2.75) is 0 Å². The maximum Gasteiger partial charge on any atom is 0.0421 e. The van der Waals surface area contributed by atoms with Crippen LogP contribution in [0, 0.1) is 0 Å². The topological polar surface area (TPSA) is 0 Å². The number of hydrogen-bond acceptors (Lipinski definition) is 1. The number of benzene rings is 2. The summed E-state index contributed by atoms with van der Waals surface area (Å²) in [6.45, 7) is 8.34. The molecule has 0 unspecified atom stereocenters. The molecule has 1 heteroatoms. The molecule has 0 aliphatic carbocycles. The van der Waals surface area contributed by atoms with Gasteiger partial charge in [-0.3, -0.25) is 0 Å². The van der Waals surface area contributed by atoms with Gasteiger partial charge in [0.05, 0.1) is 0 Å². The van der Waals surface area contributed by atoms with Gasteiger partial charge in [-0.1, -0.05) is 37.4 Å². The third-order valence-corrected chi connectivity index (χ3v) is 3.82. The lowest BCUT2D eigenvalue weighted by Gasteiger charge is -2.01. The van der Waals surface area contributed by atoms with Gasteiger partial charge >= 0.3 is 0 Å². The van der Waals surface area contributed by atoms with Crippen LogP contribution in [0.5, 0.6) is 0 Å². The van der Waals surface area contributed by atoms with Crippen molar-refractivity contribution >= 4 is 45.4 Å². The summed E-state index contributed by atoms with van der Waals surface area (Å²) in [5.41, 5.74) is 0. The molecule has 3 rings (SSSR count). The fraction of sp³-hybridized carbons (Fsp3) is 0. The van der Waals surface area contributed by atoms with Gasteiger partial charge in [0.2, 0.25) is 0 Å². The number of hydrogen-bond donors (Lipinski definition) is 0. The van der Waals surface area contributed by atoms with Crippen molar-refractivity contribution in [3.8, 4) is 0 Å². The normalized spacial score (nSPS) is 11.2. The Labute approximate surface area is 91.8 Å². The van der Waals surface area contributed by atoms with Gasteiger partial charge in [0.25, 0.3) is 0 Å². The largest absolute Gasteiger partial charge is 0.143 e. The van der Waals surface area contributed by atoms with Gasteiger partial charge in [-0.05, 0) is 32.7 Å². The first-order valence-electron chi connectivity index (χ1n) is 4.85. The van der Waals surface area contributed by atoms with Crippen molar-refractivity contribution in [3.63, 3.8) is 0 Å². The summed E-state index contributed by atoms with van der Waals surface area (Å²) >= 11 is 1.74. The Balaban J connectivity index is 2.83. The Kier molecular flexibility index (Phi) is 1.70. The molecule has 72 valence electrons. The molecule has 0 fully saturated rings. The van der Waals surface area contributed by atoms with Gasteiger partial charge in [0, 0.05) is 10.1 Å². The van der Waals surface area contributed by atoms with Crippen LogP contribution < -0.4 is 10.4 Å². The van der Waals surface area contributed by atoms with E-state index in [-0.39, 0.29) is 0 Å². The predicted molar refractivity (Wildman–Crippen MR) is 69.6 cm³/mol. The molecule has 0 amide bonds. The van der Waals surface area contributed by atoms with E-state index in [9.17, 15) is 0 Å². The van der Waals surface area contributed by atoms with Crippen molar-refractivity contribution in [3.05, 3.63) is 46.1 Å². The van der Waals surface area contributed by atoms with E-state index in [0.29, 0.717) is 0 Å². The van der Waals surface area contributed by atoms with Gasteiger partial charge in [0.15, 0.2) is 0 Å². The molecule has 0 aliphatic heterocycles. The van der Waals surface area contributed by atoms with Crippen LogP contribution >= 0.6 is 11.3 Å². The lowest BCUT2D eigenvalue weighted by atomic mass is 10.0. The molecule has 0 N–H and O–H groups in total. The van der Waals surface area contributed by atoms with E-state index < -0.39 is 0 Å². The van der Waals surface area contributed by atoms with Crippen LogP contribution in [0.1, 0.15) is 0 Å². The van der Waals surface area contributed by atoms with Crippen LogP contribution in [-0.4, -0.2) is 0 Å². The molecule has 15 heavy (non-hydrogen) atoms. The zero-order valence-electron chi connectivity index (χ0n) is 8.29. The van der Waals surface area contributed by atoms with Crippen LogP contribution in [0.15, 0.2) is 35.7 Å². The Hall–Kier alpha value is -1.60. The van der Waals surface area contributed by atoms with E-state index in [1.165, 1.54) is 20.9 Å². The summed E-state index contributed by atoms with van der Waals surface area (Å²) < 4.78 is 1.26. The molecule has 0 atom stereocenters. The van der Waals surface area contributed by atoms with Crippen molar-refractivity contribution in [2.24, 2.45) is 0 Å². The highest BCUT2D eigenvalue weighted by Crippen LogP contribution is 2.17. The van der Waals surface area contributed by atoms with Gasteiger partial charge in [-0.15, -0.1) is 11.3 Å². The molecule has 0 bridgehead atoms. The van der Waals surface area contributed by atoms with Crippen molar-refractivity contribution in [2.75, 3.05) is 0 Å². The summed E-state index contributed by atoms with van der Waals surface area (Å²) in [6, 6.07) is 10.5. The average molecular weight is 210 g/mol. The molecule has 0 aliphatic rings. The summed E-state index contributed by atoms with van der Waals surface area (Å²) in [6.07, 6.45) is 0. The highest BCUT2D eigenvalue weighted by Gasteiger charge is 2.02. The minimum Gasteiger partial charge on any atom is -0.143 e. The molecule has 0 saturated carbocycles. The highest BCUT2D eigenvalue weighted by atomic mass is 32.1. The van der Waals surface area contributed by atoms with Crippen molar-refractivity contribution < 1.29 is 0 Å². The highest BCUT2D eigenvalue weighted by molar-refractivity contribution is 7.17. The van der Waals surface area contributed by atoms with Crippen molar-refractivity contribution in [1.82, 2.24) is 0 Å². The van der Waals surface area contributed by atoms with Crippen LogP contribution in [0.2, 0.25) is 0 Å². The second kappa shape index (κ2) is 2.94. The van der Waals surface area contributed by atoms with E-state index >= 15 is 0 Å². The maximum atomic E-state index is 4.17. The van der Waals surface area contributed by atoms with Gasteiger partial charge in [-0.2, -0.15) is 0 Å². The van der Waals surface area contributed by atoms with Crippen molar-refractivity contribution in [1.29, 1.82) is 0 Å². The molecule has 0 radical (unpaired) electrons. The Morgan fingerprint density at radius 3 is 2.20 bits per heavy atom. The number of thiophene rings is 1. The minimum atomic E-state index is 1.12. The first-order chi connectivity index (χ1) is 7.29. The molecular formula is C14H10S. The molecule has 1 heterocycles. The smallest absolute Gasteiger partial charge is 0.0421 e. The number of fused-ring (bicyclic) bond motifs is 2. The first kappa shape index (κ1) is 8.69. The lowest BCUT2D eigenvalue weighted by Crippen LogP contribution is -2.09. The standard InChI is InChI=1S/C14H10S/c1-9-11-5-3-4-6-12(11)10(2)14-13(9)7-8-15-14/h3-8H,1-2H2. The Bertz CT molecular complexity index is 686. The van der Waals surface area contributed by atoms with E-state index in [1.807, 2.05) is 0 Å². The molecule has 0 spiro atoms. The fourth-order valence-corrected chi connectivity index (χ4v) is 2.97. The van der Waals surface area contributed by atoms with Crippen LogP contribution in [0.3, 0.4) is 0 Å². The van der Waals surface area contributed by atoms with Crippen LogP contribution in [0.4, 0.5) is 0 Å². The number of rotatable bonds is 0. The Morgan fingerprint density at radius 2 is 1.47 bits per heavy atom. The van der Waals surface area contributed by atoms with E-state index in [4.69, 9.17) is 0 Å². The summed E-state index contributed by atoms with van der Waals surface area (Å²) in [5.74, 6) is 0. The molecule has 1 aromatic heterocycles. The summed E-state index contributed by atoms with van der Waals surface area (Å²) in [5, 5.41) is 8.03. The Morgan fingerprint density at radius 1 is 0.800 bits per heavy atom. The third kappa shape index (κ3) is 1.07. The fourth-order valence-electron chi connectivity index (χ4n) is 2.06. The molecule has 0 nitrogen and oxygen atoms in total. The zero-order chi connectivity index (χ0) is 10.4. The summed E-state index contributed by atoms with van der Waals surface area (Å²) in [4.78, 5) is 0. The maximum absolute atomic E-state index is 4.17. The quantitative estimate of drug-likeness (QED) is 0.535. The lowest BCUT2D eigenvalue weighted by molar-refractivity contribution is 1.75. The minimum absolute atomic E-state index is 1.12. The average Bonchev–Trinajstić information content (AvgIpc) is 2.75. The van der Waals surface area contributed by atoms with Gasteiger partial charge < -0.3 is 0 Å². The zero-order valence-corrected chi connectivity index (χ0v) is 9.10. The molecule has 2 aromatic carbocycles. The van der Waals surface area contributed by atoms with Gasteiger partial charge in [0.1, 0.15) is 0 Å². The van der Waals surface area contributed by atoms with E-state index in [1.54, 1.807) is 11.3 Å². The first-order valence-corrected chi connectivity index (χ1v) is 5.73. The molecular weight excluding hydrogens is 200 g/mol. The third-order valence-electron chi connectivity index (χ3n) is 2.84. The van der Waals surface area contributed by atoms with E-state index in [2.05, 4.69) is 48.9 Å². The second-order valence-corrected chi connectivity index (χ2v) is 4.58.